The van der Waals surface area contributed by atoms with Crippen molar-refractivity contribution in [3.8, 4) is 5.75 Å². The second-order valence-electron chi connectivity index (χ2n) is 7.95. The Morgan fingerprint density at radius 3 is 2.72 bits per heavy atom. The van der Waals surface area contributed by atoms with Crippen LogP contribution in [0.25, 0.3) is 0 Å². The van der Waals surface area contributed by atoms with Gasteiger partial charge >= 0.3 is 0 Å². The molecule has 0 aliphatic carbocycles. The lowest BCUT2D eigenvalue weighted by molar-refractivity contribution is -0.142. The SMILES string of the molecule is Cc1cc(OC(C)(C)C2(C)CCC(CN3CCOCC3)O2)ccc1Cl. The Labute approximate surface area is 156 Å². The molecule has 2 aliphatic rings. The minimum atomic E-state index is -0.424. The number of ether oxygens (including phenoxy) is 3. The normalized spacial score (nSPS) is 28.3. The second-order valence-corrected chi connectivity index (χ2v) is 8.35. The van der Waals surface area contributed by atoms with Crippen LogP contribution in [0, 0.1) is 6.92 Å². The molecule has 4 nitrogen and oxygen atoms in total. The van der Waals surface area contributed by atoms with E-state index in [-0.39, 0.29) is 11.7 Å². The number of morpholine rings is 1. The van der Waals surface area contributed by atoms with E-state index >= 15 is 0 Å². The van der Waals surface area contributed by atoms with Crippen molar-refractivity contribution in [3.63, 3.8) is 0 Å². The third-order valence-electron chi connectivity index (χ3n) is 5.71. The predicted octanol–water partition coefficient (Wildman–Crippen LogP) is 4.08. The number of hydrogen-bond acceptors (Lipinski definition) is 4. The summed E-state index contributed by atoms with van der Waals surface area (Å²) in [6.07, 6.45) is 2.33. The van der Waals surface area contributed by atoms with Gasteiger partial charge in [-0.05, 0) is 64.3 Å². The van der Waals surface area contributed by atoms with Crippen LogP contribution in [0.2, 0.25) is 5.02 Å². The van der Waals surface area contributed by atoms with Gasteiger partial charge in [0.05, 0.1) is 19.3 Å². The van der Waals surface area contributed by atoms with Gasteiger partial charge in [-0.2, -0.15) is 0 Å². The van der Waals surface area contributed by atoms with Crippen LogP contribution >= 0.6 is 11.6 Å². The molecule has 1 aromatic carbocycles. The lowest BCUT2D eigenvalue weighted by Gasteiger charge is -2.41. The van der Waals surface area contributed by atoms with E-state index in [0.29, 0.717) is 0 Å². The predicted molar refractivity (Wildman–Crippen MR) is 101 cm³/mol. The third-order valence-corrected chi connectivity index (χ3v) is 6.14. The maximum Gasteiger partial charge on any atom is 0.132 e. The van der Waals surface area contributed by atoms with E-state index in [1.807, 2.05) is 25.1 Å². The van der Waals surface area contributed by atoms with Crippen molar-refractivity contribution in [2.24, 2.45) is 0 Å². The lowest BCUT2D eigenvalue weighted by atomic mass is 9.85. The molecule has 1 aromatic rings. The highest BCUT2D eigenvalue weighted by Crippen LogP contribution is 2.41. The fourth-order valence-electron chi connectivity index (χ4n) is 3.65. The standard InChI is InChI=1S/C20H30ClNO3/c1-15-13-16(5-6-18(15)21)24-19(2,3)20(4)8-7-17(25-20)14-22-9-11-23-12-10-22/h5-6,13,17H,7-12,14H2,1-4H3. The number of aryl methyl sites for hydroxylation is 1. The number of nitrogens with zero attached hydrogens (tertiary/aromatic N) is 1. The number of rotatable bonds is 5. The maximum absolute atomic E-state index is 6.51. The van der Waals surface area contributed by atoms with Gasteiger partial charge in [0.1, 0.15) is 17.0 Å². The molecule has 2 saturated heterocycles. The lowest BCUT2D eigenvalue weighted by Crippen LogP contribution is -2.52. The van der Waals surface area contributed by atoms with Gasteiger partial charge in [-0.1, -0.05) is 11.6 Å². The van der Waals surface area contributed by atoms with Crippen LogP contribution in [-0.2, 0) is 9.47 Å². The van der Waals surface area contributed by atoms with Gasteiger partial charge in [-0.25, -0.2) is 0 Å². The zero-order valence-electron chi connectivity index (χ0n) is 15.8. The summed E-state index contributed by atoms with van der Waals surface area (Å²) in [7, 11) is 0. The summed E-state index contributed by atoms with van der Waals surface area (Å²) in [5.74, 6) is 0.841. The highest BCUT2D eigenvalue weighted by Gasteiger charge is 2.49. The number of benzene rings is 1. The third kappa shape index (κ3) is 4.30. The van der Waals surface area contributed by atoms with E-state index < -0.39 is 5.60 Å². The van der Waals surface area contributed by atoms with E-state index in [2.05, 4.69) is 25.7 Å². The van der Waals surface area contributed by atoms with Crippen molar-refractivity contribution in [1.29, 1.82) is 0 Å². The van der Waals surface area contributed by atoms with E-state index in [1.165, 1.54) is 0 Å². The molecular formula is C20H30ClNO3. The molecule has 2 fully saturated rings. The van der Waals surface area contributed by atoms with Crippen molar-refractivity contribution < 1.29 is 14.2 Å². The summed E-state index contributed by atoms with van der Waals surface area (Å²) < 4.78 is 18.3. The average molecular weight is 368 g/mol. The molecule has 0 spiro atoms. The van der Waals surface area contributed by atoms with Crippen LogP contribution in [-0.4, -0.2) is 55.1 Å². The summed E-state index contributed by atoms with van der Waals surface area (Å²) in [6, 6.07) is 5.82. The Hall–Kier alpha value is -0.810. The zero-order valence-corrected chi connectivity index (χ0v) is 16.6. The van der Waals surface area contributed by atoms with E-state index in [9.17, 15) is 0 Å². The molecule has 25 heavy (non-hydrogen) atoms. The van der Waals surface area contributed by atoms with Gasteiger partial charge in [0.15, 0.2) is 0 Å². The highest BCUT2D eigenvalue weighted by molar-refractivity contribution is 6.31. The Kier molecular flexibility index (Phi) is 5.64. The van der Waals surface area contributed by atoms with Crippen molar-refractivity contribution in [2.45, 2.75) is 57.8 Å². The summed E-state index contributed by atoms with van der Waals surface area (Å²) in [6.45, 7) is 13.0. The first kappa shape index (κ1) is 19.0. The van der Waals surface area contributed by atoms with Crippen LogP contribution < -0.4 is 4.74 Å². The minimum Gasteiger partial charge on any atom is -0.485 e. The van der Waals surface area contributed by atoms with E-state index in [0.717, 1.165) is 62.0 Å². The molecule has 2 unspecified atom stereocenters. The van der Waals surface area contributed by atoms with Crippen LogP contribution in [0.1, 0.15) is 39.2 Å². The summed E-state index contributed by atoms with van der Waals surface area (Å²) in [5.41, 5.74) is 0.294. The first-order valence-corrected chi connectivity index (χ1v) is 9.60. The zero-order chi connectivity index (χ0) is 18.1. The first-order valence-electron chi connectivity index (χ1n) is 9.22. The average Bonchev–Trinajstić information content (AvgIpc) is 2.95. The fraction of sp³-hybridized carbons (Fsp3) is 0.700. The second kappa shape index (κ2) is 7.43. The molecule has 0 saturated carbocycles. The summed E-state index contributed by atoms with van der Waals surface area (Å²) >= 11 is 6.12. The van der Waals surface area contributed by atoms with Crippen LogP contribution in [0.4, 0.5) is 0 Å². The van der Waals surface area contributed by atoms with Gasteiger partial charge in [-0.3, -0.25) is 4.90 Å². The Balaban J connectivity index is 1.63. The smallest absolute Gasteiger partial charge is 0.132 e. The largest absolute Gasteiger partial charge is 0.485 e. The Morgan fingerprint density at radius 2 is 2.04 bits per heavy atom. The molecular weight excluding hydrogens is 338 g/mol. The maximum atomic E-state index is 6.51. The highest BCUT2D eigenvalue weighted by atomic mass is 35.5. The van der Waals surface area contributed by atoms with Crippen LogP contribution in [0.5, 0.6) is 5.75 Å². The van der Waals surface area contributed by atoms with Gasteiger partial charge in [0, 0.05) is 24.7 Å². The molecule has 0 amide bonds. The first-order chi connectivity index (χ1) is 11.8. The molecule has 3 rings (SSSR count). The van der Waals surface area contributed by atoms with Crippen LogP contribution in [0.3, 0.4) is 0 Å². The summed E-state index contributed by atoms with van der Waals surface area (Å²) in [4.78, 5) is 2.44. The Morgan fingerprint density at radius 1 is 1.32 bits per heavy atom. The van der Waals surface area contributed by atoms with Gasteiger partial charge in [-0.15, -0.1) is 0 Å². The molecule has 140 valence electrons. The van der Waals surface area contributed by atoms with E-state index in [1.54, 1.807) is 0 Å². The van der Waals surface area contributed by atoms with Crippen LogP contribution in [0.15, 0.2) is 18.2 Å². The van der Waals surface area contributed by atoms with Gasteiger partial charge in [0.2, 0.25) is 0 Å². The minimum absolute atomic E-state index is 0.262. The summed E-state index contributed by atoms with van der Waals surface area (Å²) in [5, 5.41) is 0.763. The molecule has 0 bridgehead atoms. The van der Waals surface area contributed by atoms with Gasteiger partial charge < -0.3 is 14.2 Å². The molecule has 2 atom stereocenters. The van der Waals surface area contributed by atoms with Crippen molar-refractivity contribution in [2.75, 3.05) is 32.8 Å². The molecule has 0 aromatic heterocycles. The topological polar surface area (TPSA) is 30.9 Å². The fourth-order valence-corrected chi connectivity index (χ4v) is 3.77. The molecule has 2 heterocycles. The monoisotopic (exact) mass is 367 g/mol. The number of hydrogen-bond donors (Lipinski definition) is 0. The molecule has 0 radical (unpaired) electrons. The quantitative estimate of drug-likeness (QED) is 0.784. The number of halogens is 1. The molecule has 2 aliphatic heterocycles. The Bertz CT molecular complexity index is 601. The molecule has 5 heteroatoms. The van der Waals surface area contributed by atoms with Crippen molar-refractivity contribution in [3.05, 3.63) is 28.8 Å². The molecule has 0 N–H and O–H groups in total. The van der Waals surface area contributed by atoms with Crippen molar-refractivity contribution >= 4 is 11.6 Å². The van der Waals surface area contributed by atoms with Gasteiger partial charge in [0.25, 0.3) is 0 Å². The van der Waals surface area contributed by atoms with Crippen molar-refractivity contribution in [1.82, 2.24) is 4.90 Å². The van der Waals surface area contributed by atoms with E-state index in [4.69, 9.17) is 25.8 Å².